The molecule has 0 unspecified atom stereocenters. The van der Waals surface area contributed by atoms with E-state index in [1.54, 1.807) is 13.2 Å². The fraction of sp³-hybridized carbons (Fsp3) is 0.750. The standard InChI is InChI=1S/C16H26N2O3/c1-12(2)15-10-14(17-21-15)16(19)18-8-5-4-6-13(11-18)7-9-20-3/h10,12-13H,4-9,11H2,1-3H3/t13-/m0/s1. The topological polar surface area (TPSA) is 55.6 Å². The molecule has 1 aromatic rings. The average Bonchev–Trinajstić information content (AvgIpc) is 2.85. The summed E-state index contributed by atoms with van der Waals surface area (Å²) in [6.45, 7) is 6.43. The van der Waals surface area contributed by atoms with Crippen molar-refractivity contribution in [3.05, 3.63) is 17.5 Å². The summed E-state index contributed by atoms with van der Waals surface area (Å²) in [5, 5.41) is 3.94. The zero-order valence-electron chi connectivity index (χ0n) is 13.3. The Labute approximate surface area is 126 Å². The summed E-state index contributed by atoms with van der Waals surface area (Å²) in [7, 11) is 1.72. The lowest BCUT2D eigenvalue weighted by Gasteiger charge is -2.23. The summed E-state index contributed by atoms with van der Waals surface area (Å²) in [5.74, 6) is 1.53. The van der Waals surface area contributed by atoms with Gasteiger partial charge in [0.05, 0.1) is 0 Å². The summed E-state index contributed by atoms with van der Waals surface area (Å²) < 4.78 is 10.4. The number of methoxy groups -OCH3 is 1. The third-order valence-corrected chi connectivity index (χ3v) is 4.10. The molecule has 118 valence electrons. The van der Waals surface area contributed by atoms with Crippen LogP contribution >= 0.6 is 0 Å². The molecule has 0 spiro atoms. The Morgan fingerprint density at radius 2 is 2.33 bits per heavy atom. The Hall–Kier alpha value is -1.36. The SMILES string of the molecule is COCC[C@@H]1CCCCN(C(=O)c2cc(C(C)C)on2)C1. The molecule has 0 N–H and O–H groups in total. The highest BCUT2D eigenvalue weighted by Gasteiger charge is 2.25. The summed E-state index contributed by atoms with van der Waals surface area (Å²) >= 11 is 0. The molecule has 1 aliphatic rings. The smallest absolute Gasteiger partial charge is 0.276 e. The highest BCUT2D eigenvalue weighted by atomic mass is 16.5. The first kappa shape index (κ1) is 16.0. The van der Waals surface area contributed by atoms with E-state index in [2.05, 4.69) is 5.16 Å². The minimum absolute atomic E-state index is 0.00466. The molecule has 2 heterocycles. The highest BCUT2D eigenvalue weighted by molar-refractivity contribution is 5.92. The molecule has 5 nitrogen and oxygen atoms in total. The van der Waals surface area contributed by atoms with Crippen molar-refractivity contribution in [3.63, 3.8) is 0 Å². The van der Waals surface area contributed by atoms with Gasteiger partial charge in [-0.15, -0.1) is 0 Å². The van der Waals surface area contributed by atoms with Crippen LogP contribution in [-0.4, -0.2) is 42.8 Å². The van der Waals surface area contributed by atoms with Crippen LogP contribution in [0.25, 0.3) is 0 Å². The molecule has 1 atom stereocenters. The molecule has 0 radical (unpaired) electrons. The predicted molar refractivity (Wildman–Crippen MR) is 80.3 cm³/mol. The maximum atomic E-state index is 12.6. The van der Waals surface area contributed by atoms with Crippen LogP contribution in [0.2, 0.25) is 0 Å². The number of carbonyl (C=O) groups is 1. The van der Waals surface area contributed by atoms with Crippen LogP contribution in [0.1, 0.15) is 61.7 Å². The van der Waals surface area contributed by atoms with Crippen LogP contribution in [0, 0.1) is 5.92 Å². The van der Waals surface area contributed by atoms with Gasteiger partial charge in [-0.1, -0.05) is 25.4 Å². The van der Waals surface area contributed by atoms with Gasteiger partial charge in [0, 0.05) is 38.8 Å². The van der Waals surface area contributed by atoms with Crippen molar-refractivity contribution in [3.8, 4) is 0 Å². The van der Waals surface area contributed by atoms with E-state index in [0.29, 0.717) is 11.6 Å². The first-order chi connectivity index (χ1) is 10.1. The van der Waals surface area contributed by atoms with Crippen molar-refractivity contribution in [2.75, 3.05) is 26.8 Å². The quantitative estimate of drug-likeness (QED) is 0.837. The monoisotopic (exact) mass is 294 g/mol. The number of hydrogen-bond acceptors (Lipinski definition) is 4. The summed E-state index contributed by atoms with van der Waals surface area (Å²) in [6, 6.07) is 1.78. The van der Waals surface area contributed by atoms with E-state index >= 15 is 0 Å². The number of amides is 1. The van der Waals surface area contributed by atoms with E-state index in [4.69, 9.17) is 9.26 Å². The number of ether oxygens (including phenoxy) is 1. The van der Waals surface area contributed by atoms with Crippen molar-refractivity contribution < 1.29 is 14.1 Å². The number of aromatic nitrogens is 1. The van der Waals surface area contributed by atoms with Gasteiger partial charge in [-0.05, 0) is 25.2 Å². The zero-order chi connectivity index (χ0) is 15.2. The first-order valence-corrected chi connectivity index (χ1v) is 7.86. The summed E-state index contributed by atoms with van der Waals surface area (Å²) in [6.07, 6.45) is 4.41. The number of carbonyl (C=O) groups excluding carboxylic acids is 1. The second-order valence-electron chi connectivity index (χ2n) is 6.16. The molecule has 1 aromatic heterocycles. The van der Waals surface area contributed by atoms with Gasteiger partial charge in [0.1, 0.15) is 5.76 Å². The van der Waals surface area contributed by atoms with Crippen LogP contribution in [0.5, 0.6) is 0 Å². The van der Waals surface area contributed by atoms with Gasteiger partial charge in [-0.3, -0.25) is 4.79 Å². The zero-order valence-corrected chi connectivity index (χ0v) is 13.3. The minimum atomic E-state index is -0.00466. The van der Waals surface area contributed by atoms with Gasteiger partial charge >= 0.3 is 0 Å². The van der Waals surface area contributed by atoms with E-state index < -0.39 is 0 Å². The minimum Gasteiger partial charge on any atom is -0.385 e. The summed E-state index contributed by atoms with van der Waals surface area (Å²) in [5.41, 5.74) is 0.436. The van der Waals surface area contributed by atoms with Gasteiger partial charge in [0.15, 0.2) is 5.69 Å². The summed E-state index contributed by atoms with van der Waals surface area (Å²) in [4.78, 5) is 14.5. The number of nitrogens with zero attached hydrogens (tertiary/aromatic N) is 2. The lowest BCUT2D eigenvalue weighted by Crippen LogP contribution is -2.35. The van der Waals surface area contributed by atoms with E-state index in [9.17, 15) is 4.79 Å². The molecule has 1 fully saturated rings. The van der Waals surface area contributed by atoms with Gasteiger partial charge < -0.3 is 14.2 Å². The van der Waals surface area contributed by atoms with Crippen LogP contribution < -0.4 is 0 Å². The normalized spacial score (nSPS) is 19.8. The Kier molecular flexibility index (Phi) is 5.79. The number of rotatable bonds is 5. The third kappa shape index (κ3) is 4.30. The molecule has 21 heavy (non-hydrogen) atoms. The molecule has 2 rings (SSSR count). The molecular formula is C16H26N2O3. The Morgan fingerprint density at radius 3 is 3.00 bits per heavy atom. The van der Waals surface area contributed by atoms with E-state index in [1.807, 2.05) is 18.7 Å². The highest BCUT2D eigenvalue weighted by Crippen LogP contribution is 2.22. The Morgan fingerprint density at radius 1 is 1.52 bits per heavy atom. The van der Waals surface area contributed by atoms with Crippen LogP contribution in [0.3, 0.4) is 0 Å². The second kappa shape index (κ2) is 7.59. The van der Waals surface area contributed by atoms with Crippen LogP contribution in [0.4, 0.5) is 0 Å². The maximum absolute atomic E-state index is 12.6. The fourth-order valence-corrected chi connectivity index (χ4v) is 2.76. The lowest BCUT2D eigenvalue weighted by molar-refractivity contribution is 0.0717. The molecule has 0 saturated carbocycles. The molecule has 0 aromatic carbocycles. The van der Waals surface area contributed by atoms with Crippen molar-refractivity contribution in [2.24, 2.45) is 5.92 Å². The predicted octanol–water partition coefficient (Wildman–Crippen LogP) is 3.08. The molecular weight excluding hydrogens is 268 g/mol. The van der Waals surface area contributed by atoms with Crippen molar-refractivity contribution >= 4 is 5.91 Å². The molecule has 1 amide bonds. The first-order valence-electron chi connectivity index (χ1n) is 7.86. The van der Waals surface area contributed by atoms with Crippen LogP contribution in [-0.2, 0) is 4.74 Å². The lowest BCUT2D eigenvalue weighted by atomic mass is 10.00. The van der Waals surface area contributed by atoms with Gasteiger partial charge in [-0.25, -0.2) is 0 Å². The maximum Gasteiger partial charge on any atom is 0.276 e. The number of hydrogen-bond donors (Lipinski definition) is 0. The molecule has 5 heteroatoms. The van der Waals surface area contributed by atoms with Gasteiger partial charge in [0.25, 0.3) is 5.91 Å². The van der Waals surface area contributed by atoms with E-state index in [0.717, 1.165) is 38.3 Å². The van der Waals surface area contributed by atoms with Crippen LogP contribution in [0.15, 0.2) is 10.6 Å². The van der Waals surface area contributed by atoms with E-state index in [-0.39, 0.29) is 11.8 Å². The molecule has 0 aliphatic carbocycles. The molecule has 1 saturated heterocycles. The van der Waals surface area contributed by atoms with Crippen molar-refractivity contribution in [1.82, 2.24) is 10.1 Å². The average molecular weight is 294 g/mol. The van der Waals surface area contributed by atoms with E-state index in [1.165, 1.54) is 12.8 Å². The Bertz CT molecular complexity index is 456. The third-order valence-electron chi connectivity index (χ3n) is 4.10. The molecule has 0 bridgehead atoms. The van der Waals surface area contributed by atoms with Crippen molar-refractivity contribution in [2.45, 2.75) is 45.4 Å². The Balaban J connectivity index is 2.01. The van der Waals surface area contributed by atoms with Gasteiger partial charge in [-0.2, -0.15) is 0 Å². The van der Waals surface area contributed by atoms with Crippen molar-refractivity contribution in [1.29, 1.82) is 0 Å². The largest absolute Gasteiger partial charge is 0.385 e. The second-order valence-corrected chi connectivity index (χ2v) is 6.16. The number of likely N-dealkylation sites (tertiary alicyclic amines) is 1. The fourth-order valence-electron chi connectivity index (χ4n) is 2.76. The van der Waals surface area contributed by atoms with Gasteiger partial charge in [0.2, 0.25) is 0 Å². The molecule has 1 aliphatic heterocycles.